The zero-order chi connectivity index (χ0) is 16.0. The third-order valence-electron chi connectivity index (χ3n) is 3.20. The van der Waals surface area contributed by atoms with E-state index in [0.29, 0.717) is 23.7 Å². The fourth-order valence-corrected chi connectivity index (χ4v) is 2.85. The van der Waals surface area contributed by atoms with Gasteiger partial charge in [0.15, 0.2) is 0 Å². The second-order valence-electron chi connectivity index (χ2n) is 4.69. The molecule has 1 aromatic rings. The van der Waals surface area contributed by atoms with Crippen LogP contribution in [0.5, 0.6) is 0 Å². The van der Waals surface area contributed by atoms with E-state index in [-0.39, 0.29) is 19.0 Å². The lowest BCUT2D eigenvalue weighted by Crippen LogP contribution is -2.42. The SMILES string of the molecule is CCN(CC)C(=O)CN(Cc1ccccc1Cl)S(C)(=O)=O. The van der Waals surface area contributed by atoms with Gasteiger partial charge in [0.2, 0.25) is 15.9 Å². The van der Waals surface area contributed by atoms with E-state index in [1.54, 1.807) is 29.2 Å². The van der Waals surface area contributed by atoms with Crippen LogP contribution in [0.3, 0.4) is 0 Å². The molecule has 7 heteroatoms. The van der Waals surface area contributed by atoms with Crippen LogP contribution in [-0.4, -0.2) is 49.4 Å². The molecule has 118 valence electrons. The molecular weight excluding hydrogens is 312 g/mol. The number of hydrogen-bond donors (Lipinski definition) is 0. The second-order valence-corrected chi connectivity index (χ2v) is 7.08. The highest BCUT2D eigenvalue weighted by atomic mass is 35.5. The summed E-state index contributed by atoms with van der Waals surface area (Å²) in [5.41, 5.74) is 0.678. The molecule has 0 atom stereocenters. The first-order valence-electron chi connectivity index (χ1n) is 6.75. The minimum Gasteiger partial charge on any atom is -0.342 e. The Morgan fingerprint density at radius 3 is 2.24 bits per heavy atom. The molecule has 1 rings (SSSR count). The summed E-state index contributed by atoms with van der Waals surface area (Å²) < 4.78 is 24.9. The Hall–Kier alpha value is -1.11. The molecule has 1 amide bonds. The fourth-order valence-electron chi connectivity index (χ4n) is 1.93. The minimum absolute atomic E-state index is 0.0888. The summed E-state index contributed by atoms with van der Waals surface area (Å²) in [6.45, 7) is 4.75. The molecule has 0 saturated carbocycles. The van der Waals surface area contributed by atoms with Crippen LogP contribution in [-0.2, 0) is 21.4 Å². The van der Waals surface area contributed by atoms with E-state index < -0.39 is 10.0 Å². The number of rotatable bonds is 7. The molecular formula is C14H21ClN2O3S. The molecule has 21 heavy (non-hydrogen) atoms. The lowest BCUT2D eigenvalue weighted by Gasteiger charge is -2.24. The van der Waals surface area contributed by atoms with Gasteiger partial charge in [0.1, 0.15) is 0 Å². The first kappa shape index (κ1) is 17.9. The standard InChI is InChI=1S/C14H21ClN2O3S/c1-4-16(5-2)14(18)11-17(21(3,19)20)10-12-8-6-7-9-13(12)15/h6-9H,4-5,10-11H2,1-3H3. The van der Waals surface area contributed by atoms with Gasteiger partial charge in [0.05, 0.1) is 12.8 Å². The third-order valence-corrected chi connectivity index (χ3v) is 4.77. The molecule has 1 aromatic carbocycles. The van der Waals surface area contributed by atoms with E-state index in [0.717, 1.165) is 10.6 Å². The van der Waals surface area contributed by atoms with Crippen molar-refractivity contribution in [3.63, 3.8) is 0 Å². The largest absolute Gasteiger partial charge is 0.342 e. The number of nitrogens with zero attached hydrogens (tertiary/aromatic N) is 2. The molecule has 0 fully saturated rings. The van der Waals surface area contributed by atoms with Gasteiger partial charge in [-0.05, 0) is 25.5 Å². The van der Waals surface area contributed by atoms with E-state index in [1.807, 2.05) is 13.8 Å². The van der Waals surface area contributed by atoms with Gasteiger partial charge in [-0.15, -0.1) is 0 Å². The van der Waals surface area contributed by atoms with Crippen molar-refractivity contribution in [1.29, 1.82) is 0 Å². The Bertz CT molecular complexity index is 586. The zero-order valence-corrected chi connectivity index (χ0v) is 14.1. The quantitative estimate of drug-likeness (QED) is 0.767. The van der Waals surface area contributed by atoms with Crippen LogP contribution in [0, 0.1) is 0 Å². The predicted octanol–water partition coefficient (Wildman–Crippen LogP) is 1.97. The van der Waals surface area contributed by atoms with Crippen LogP contribution >= 0.6 is 11.6 Å². The second kappa shape index (κ2) is 7.77. The third kappa shape index (κ3) is 5.30. The van der Waals surface area contributed by atoms with Crippen molar-refractivity contribution < 1.29 is 13.2 Å². The Labute approximate surface area is 131 Å². The number of halogens is 1. The Balaban J connectivity index is 2.93. The number of carbonyl (C=O) groups excluding carboxylic acids is 1. The van der Waals surface area contributed by atoms with Gasteiger partial charge in [-0.2, -0.15) is 4.31 Å². The lowest BCUT2D eigenvalue weighted by molar-refractivity contribution is -0.131. The molecule has 0 aromatic heterocycles. The summed E-state index contributed by atoms with van der Waals surface area (Å²) in [7, 11) is -3.50. The molecule has 0 saturated heterocycles. The summed E-state index contributed by atoms with van der Waals surface area (Å²) in [6.07, 6.45) is 1.10. The predicted molar refractivity (Wildman–Crippen MR) is 84.6 cm³/mol. The fraction of sp³-hybridized carbons (Fsp3) is 0.500. The van der Waals surface area contributed by atoms with Crippen LogP contribution in [0.25, 0.3) is 0 Å². The smallest absolute Gasteiger partial charge is 0.237 e. The number of likely N-dealkylation sites (N-methyl/N-ethyl adjacent to an activating group) is 1. The molecule has 0 heterocycles. The molecule has 0 aliphatic carbocycles. The number of hydrogen-bond acceptors (Lipinski definition) is 3. The number of amides is 1. The van der Waals surface area contributed by atoms with Gasteiger partial charge in [0.25, 0.3) is 0 Å². The average molecular weight is 333 g/mol. The first-order valence-corrected chi connectivity index (χ1v) is 8.98. The average Bonchev–Trinajstić information content (AvgIpc) is 2.40. The molecule has 0 aliphatic heterocycles. The highest BCUT2D eigenvalue weighted by Crippen LogP contribution is 2.18. The molecule has 0 unspecified atom stereocenters. The Kier molecular flexibility index (Phi) is 6.64. The van der Waals surface area contributed by atoms with E-state index in [9.17, 15) is 13.2 Å². The summed E-state index contributed by atoms with van der Waals surface area (Å²) in [5, 5.41) is 0.487. The van der Waals surface area contributed by atoms with Gasteiger partial charge in [-0.25, -0.2) is 8.42 Å². The van der Waals surface area contributed by atoms with E-state index in [1.165, 1.54) is 0 Å². The summed E-state index contributed by atoms with van der Waals surface area (Å²) >= 11 is 6.06. The molecule has 0 aliphatic rings. The highest BCUT2D eigenvalue weighted by molar-refractivity contribution is 7.88. The van der Waals surface area contributed by atoms with Crippen molar-refractivity contribution in [3.05, 3.63) is 34.9 Å². The van der Waals surface area contributed by atoms with Gasteiger partial charge < -0.3 is 4.90 Å². The maximum atomic E-state index is 12.1. The van der Waals surface area contributed by atoms with Gasteiger partial charge >= 0.3 is 0 Å². The van der Waals surface area contributed by atoms with Crippen molar-refractivity contribution >= 4 is 27.5 Å². The van der Waals surface area contributed by atoms with Crippen LogP contribution in [0.15, 0.2) is 24.3 Å². The van der Waals surface area contributed by atoms with E-state index >= 15 is 0 Å². The maximum absolute atomic E-state index is 12.1. The molecule has 0 bridgehead atoms. The molecule has 0 N–H and O–H groups in total. The number of carbonyl (C=O) groups is 1. The molecule has 0 radical (unpaired) electrons. The summed E-state index contributed by atoms with van der Waals surface area (Å²) in [4.78, 5) is 13.7. The van der Waals surface area contributed by atoms with Crippen molar-refractivity contribution in [3.8, 4) is 0 Å². The topological polar surface area (TPSA) is 57.7 Å². The monoisotopic (exact) mass is 332 g/mol. The zero-order valence-electron chi connectivity index (χ0n) is 12.5. The van der Waals surface area contributed by atoms with Crippen LogP contribution in [0.1, 0.15) is 19.4 Å². The first-order chi connectivity index (χ1) is 9.79. The van der Waals surface area contributed by atoms with Gasteiger partial charge in [0, 0.05) is 24.7 Å². The minimum atomic E-state index is -3.50. The molecule has 0 spiro atoms. The summed E-state index contributed by atoms with van der Waals surface area (Å²) in [6, 6.07) is 7.01. The summed E-state index contributed by atoms with van der Waals surface area (Å²) in [5.74, 6) is -0.211. The van der Waals surface area contributed by atoms with Crippen molar-refractivity contribution in [2.75, 3.05) is 25.9 Å². The van der Waals surface area contributed by atoms with Crippen LogP contribution in [0.2, 0.25) is 5.02 Å². The van der Waals surface area contributed by atoms with Crippen LogP contribution < -0.4 is 0 Å². The molecule has 5 nitrogen and oxygen atoms in total. The van der Waals surface area contributed by atoms with Gasteiger partial charge in [-0.1, -0.05) is 29.8 Å². The normalized spacial score (nSPS) is 11.7. The number of sulfonamides is 1. The number of benzene rings is 1. The Morgan fingerprint density at radius 2 is 1.76 bits per heavy atom. The van der Waals surface area contributed by atoms with Crippen molar-refractivity contribution in [2.45, 2.75) is 20.4 Å². The maximum Gasteiger partial charge on any atom is 0.237 e. The Morgan fingerprint density at radius 1 is 1.19 bits per heavy atom. The van der Waals surface area contributed by atoms with Gasteiger partial charge in [-0.3, -0.25) is 4.79 Å². The lowest BCUT2D eigenvalue weighted by atomic mass is 10.2. The van der Waals surface area contributed by atoms with Crippen LogP contribution in [0.4, 0.5) is 0 Å². The van der Waals surface area contributed by atoms with Crippen molar-refractivity contribution in [2.24, 2.45) is 0 Å². The van der Waals surface area contributed by atoms with Crippen molar-refractivity contribution in [1.82, 2.24) is 9.21 Å². The van der Waals surface area contributed by atoms with E-state index in [4.69, 9.17) is 11.6 Å². The van der Waals surface area contributed by atoms with E-state index in [2.05, 4.69) is 0 Å². The highest BCUT2D eigenvalue weighted by Gasteiger charge is 2.23.